The Kier molecular flexibility index (Phi) is 5.14. The van der Waals surface area contributed by atoms with Crippen molar-refractivity contribution < 1.29 is 14.5 Å². The quantitative estimate of drug-likeness (QED) is 0.446. The zero-order valence-electron chi connectivity index (χ0n) is 11.8. The Balaban J connectivity index is 2.36. The highest BCUT2D eigenvalue weighted by molar-refractivity contribution is 5.76. The molecule has 22 heavy (non-hydrogen) atoms. The fourth-order valence-electron chi connectivity index (χ4n) is 2.44. The Morgan fingerprint density at radius 2 is 1.82 bits per heavy atom. The van der Waals surface area contributed by atoms with E-state index in [-0.39, 0.29) is 23.6 Å². The van der Waals surface area contributed by atoms with E-state index in [1.54, 1.807) is 12.1 Å². The largest absolute Gasteiger partial charge is 0.303 e. The van der Waals surface area contributed by atoms with Crippen LogP contribution in [-0.4, -0.2) is 17.5 Å². The normalized spacial score (nSPS) is 11.6. The third kappa shape index (κ3) is 3.63. The lowest BCUT2D eigenvalue weighted by molar-refractivity contribution is -0.385. The molecule has 5 heteroatoms. The van der Waals surface area contributed by atoms with Gasteiger partial charge in [-0.05, 0) is 17.9 Å². The van der Waals surface area contributed by atoms with E-state index >= 15 is 0 Å². The van der Waals surface area contributed by atoms with Crippen LogP contribution in [0.1, 0.15) is 33.8 Å². The van der Waals surface area contributed by atoms with Crippen molar-refractivity contribution in [2.45, 2.75) is 18.8 Å². The van der Waals surface area contributed by atoms with Crippen molar-refractivity contribution in [3.8, 4) is 0 Å². The maximum absolute atomic E-state index is 11.2. The van der Waals surface area contributed by atoms with Gasteiger partial charge in [0, 0.05) is 23.6 Å². The smallest absolute Gasteiger partial charge is 0.273 e. The molecule has 0 aliphatic rings. The summed E-state index contributed by atoms with van der Waals surface area (Å²) in [6.45, 7) is 0. The maximum Gasteiger partial charge on any atom is 0.273 e. The van der Waals surface area contributed by atoms with Crippen LogP contribution in [0.15, 0.2) is 48.5 Å². The minimum atomic E-state index is -0.495. The minimum absolute atomic E-state index is 0.0866. The van der Waals surface area contributed by atoms with Gasteiger partial charge >= 0.3 is 0 Å². The first kappa shape index (κ1) is 15.6. The molecule has 0 amide bonds. The molecule has 0 fully saturated rings. The number of nitro benzene ring substituents is 1. The van der Waals surface area contributed by atoms with Crippen LogP contribution in [0.5, 0.6) is 0 Å². The lowest BCUT2D eigenvalue weighted by atomic mass is 9.89. The summed E-state index contributed by atoms with van der Waals surface area (Å²) in [5, 5.41) is 11.2. The van der Waals surface area contributed by atoms with E-state index < -0.39 is 4.92 Å². The highest BCUT2D eigenvalue weighted by atomic mass is 16.6. The highest BCUT2D eigenvalue weighted by Crippen LogP contribution is 2.28. The van der Waals surface area contributed by atoms with Crippen LogP contribution in [0.2, 0.25) is 0 Å². The van der Waals surface area contributed by atoms with E-state index in [1.807, 2.05) is 30.3 Å². The molecule has 0 aromatic heterocycles. The summed E-state index contributed by atoms with van der Waals surface area (Å²) in [5.74, 6) is -0.125. The van der Waals surface area contributed by atoms with Crippen LogP contribution in [-0.2, 0) is 11.2 Å². The molecule has 5 nitrogen and oxygen atoms in total. The van der Waals surface area contributed by atoms with Crippen molar-refractivity contribution in [2.24, 2.45) is 0 Å². The van der Waals surface area contributed by atoms with Crippen LogP contribution in [0, 0.1) is 10.1 Å². The van der Waals surface area contributed by atoms with Gasteiger partial charge in [0.2, 0.25) is 0 Å². The number of carbonyl (C=O) groups is 2. The molecular weight excluding hydrogens is 282 g/mol. The van der Waals surface area contributed by atoms with Crippen molar-refractivity contribution in [2.75, 3.05) is 0 Å². The second-order valence-electron chi connectivity index (χ2n) is 4.98. The Hall–Kier alpha value is -2.82. The molecule has 2 rings (SSSR count). The van der Waals surface area contributed by atoms with Gasteiger partial charge in [0.15, 0.2) is 0 Å². The number of nitro groups is 1. The summed E-state index contributed by atoms with van der Waals surface area (Å²) in [4.78, 5) is 32.4. The second kappa shape index (κ2) is 7.26. The van der Waals surface area contributed by atoms with Crippen LogP contribution < -0.4 is 0 Å². The number of rotatable bonds is 7. The van der Waals surface area contributed by atoms with E-state index in [1.165, 1.54) is 6.07 Å². The van der Waals surface area contributed by atoms with Crippen molar-refractivity contribution >= 4 is 18.3 Å². The van der Waals surface area contributed by atoms with E-state index in [0.717, 1.165) is 11.8 Å². The number of hydrogen-bond acceptors (Lipinski definition) is 4. The molecule has 0 aliphatic carbocycles. The molecule has 0 unspecified atom stereocenters. The van der Waals surface area contributed by atoms with Crippen LogP contribution in [0.4, 0.5) is 5.69 Å². The van der Waals surface area contributed by atoms with Crippen LogP contribution >= 0.6 is 0 Å². The van der Waals surface area contributed by atoms with Gasteiger partial charge in [-0.1, -0.05) is 42.5 Å². The lowest BCUT2D eigenvalue weighted by Crippen LogP contribution is -2.06. The van der Waals surface area contributed by atoms with Gasteiger partial charge in [0.25, 0.3) is 5.69 Å². The molecule has 2 aromatic carbocycles. The second-order valence-corrected chi connectivity index (χ2v) is 4.98. The van der Waals surface area contributed by atoms with Gasteiger partial charge in [-0.2, -0.15) is 0 Å². The molecule has 112 valence electrons. The minimum Gasteiger partial charge on any atom is -0.303 e. The van der Waals surface area contributed by atoms with Crippen molar-refractivity contribution in [3.63, 3.8) is 0 Å². The summed E-state index contributed by atoms with van der Waals surface area (Å²) < 4.78 is 0. The number of carbonyl (C=O) groups excluding carboxylic acids is 2. The number of hydrogen-bond donors (Lipinski definition) is 0. The molecule has 0 bridgehead atoms. The van der Waals surface area contributed by atoms with Crippen molar-refractivity contribution in [3.05, 3.63) is 75.3 Å². The van der Waals surface area contributed by atoms with Crippen molar-refractivity contribution in [1.82, 2.24) is 0 Å². The average molecular weight is 297 g/mol. The Bertz CT molecular complexity index is 682. The predicted octanol–water partition coefficient (Wildman–Crippen LogP) is 3.32. The molecule has 1 atom stereocenters. The third-order valence-corrected chi connectivity index (χ3v) is 3.56. The molecule has 0 spiro atoms. The fourth-order valence-corrected chi connectivity index (χ4v) is 2.44. The molecule has 0 saturated carbocycles. The highest BCUT2D eigenvalue weighted by Gasteiger charge is 2.19. The third-order valence-electron chi connectivity index (χ3n) is 3.56. The molecule has 0 heterocycles. The monoisotopic (exact) mass is 297 g/mol. The summed E-state index contributed by atoms with van der Waals surface area (Å²) in [7, 11) is 0. The van der Waals surface area contributed by atoms with Gasteiger partial charge < -0.3 is 4.79 Å². The Morgan fingerprint density at radius 3 is 2.41 bits per heavy atom. The summed E-state index contributed by atoms with van der Waals surface area (Å²) in [5.41, 5.74) is 1.66. The Morgan fingerprint density at radius 1 is 1.09 bits per heavy atom. The molecule has 2 aromatic rings. The number of benzene rings is 2. The van der Waals surface area contributed by atoms with Crippen LogP contribution in [0.3, 0.4) is 0 Å². The first-order valence-corrected chi connectivity index (χ1v) is 6.86. The summed E-state index contributed by atoms with van der Waals surface area (Å²) in [6, 6.07) is 13.8. The standard InChI is InChI=1S/C17H15NO4/c19-9-8-15(14-4-2-1-3-5-14)11-16-7-6-13(12-20)10-17(16)18(21)22/h1-7,9-10,12,15H,8,11H2/t15-/m1/s1. The van der Waals surface area contributed by atoms with E-state index in [2.05, 4.69) is 0 Å². The van der Waals surface area contributed by atoms with Gasteiger partial charge in [-0.15, -0.1) is 0 Å². The molecular formula is C17H15NO4. The number of nitrogens with zero attached hydrogens (tertiary/aromatic N) is 1. The zero-order valence-corrected chi connectivity index (χ0v) is 11.8. The zero-order chi connectivity index (χ0) is 15.9. The first-order chi connectivity index (χ1) is 10.7. The summed E-state index contributed by atoms with van der Waals surface area (Å²) in [6.07, 6.45) is 2.06. The lowest BCUT2D eigenvalue weighted by Gasteiger charge is -2.15. The van der Waals surface area contributed by atoms with E-state index in [4.69, 9.17) is 0 Å². The predicted molar refractivity (Wildman–Crippen MR) is 82.1 cm³/mol. The topological polar surface area (TPSA) is 77.3 Å². The van der Waals surface area contributed by atoms with E-state index in [0.29, 0.717) is 18.3 Å². The van der Waals surface area contributed by atoms with Gasteiger partial charge in [-0.25, -0.2) is 0 Å². The maximum atomic E-state index is 11.2. The molecule has 0 radical (unpaired) electrons. The molecule has 0 aliphatic heterocycles. The average Bonchev–Trinajstić information content (AvgIpc) is 2.55. The Labute approximate surface area is 127 Å². The molecule has 0 N–H and O–H groups in total. The van der Waals surface area contributed by atoms with Gasteiger partial charge in [-0.3, -0.25) is 14.9 Å². The number of aldehydes is 2. The van der Waals surface area contributed by atoms with Gasteiger partial charge in [0.05, 0.1) is 4.92 Å². The van der Waals surface area contributed by atoms with Crippen LogP contribution in [0.25, 0.3) is 0 Å². The van der Waals surface area contributed by atoms with Gasteiger partial charge in [0.1, 0.15) is 12.6 Å². The summed E-state index contributed by atoms with van der Waals surface area (Å²) >= 11 is 0. The van der Waals surface area contributed by atoms with Crippen molar-refractivity contribution in [1.29, 1.82) is 0 Å². The van der Waals surface area contributed by atoms with E-state index in [9.17, 15) is 19.7 Å². The fraction of sp³-hybridized carbons (Fsp3) is 0.176. The first-order valence-electron chi connectivity index (χ1n) is 6.86. The SMILES string of the molecule is O=CC[C@H](Cc1ccc(C=O)cc1[N+](=O)[O-])c1ccccc1. The molecule has 0 saturated heterocycles.